The summed E-state index contributed by atoms with van der Waals surface area (Å²) in [6, 6.07) is 10.8. The van der Waals surface area contributed by atoms with Crippen molar-refractivity contribution < 1.29 is 14.3 Å². The van der Waals surface area contributed by atoms with Crippen molar-refractivity contribution in [1.29, 1.82) is 0 Å². The van der Waals surface area contributed by atoms with E-state index in [4.69, 9.17) is 4.42 Å². The number of benzene rings is 1. The predicted octanol–water partition coefficient (Wildman–Crippen LogP) is 2.05. The standard InChI is InChI=1S/C14H15NO3/c1-10-4-6-11(7-5-10)12(16)9-15-14(17)13-3-2-8-18-13/h2-8,12,16H,9H2,1H3,(H,15,17). The molecule has 4 nitrogen and oxygen atoms in total. The minimum atomic E-state index is -0.718. The quantitative estimate of drug-likeness (QED) is 0.866. The molecule has 0 radical (unpaired) electrons. The fourth-order valence-electron chi connectivity index (χ4n) is 1.59. The minimum absolute atomic E-state index is 0.155. The fourth-order valence-corrected chi connectivity index (χ4v) is 1.59. The second kappa shape index (κ2) is 5.51. The number of carbonyl (C=O) groups excluding carboxylic acids is 1. The van der Waals surface area contributed by atoms with Crippen LogP contribution in [-0.2, 0) is 0 Å². The molecule has 0 fully saturated rings. The fraction of sp³-hybridized carbons (Fsp3) is 0.214. The van der Waals surface area contributed by atoms with Crippen LogP contribution in [0.4, 0.5) is 0 Å². The number of aryl methyl sites for hydroxylation is 1. The van der Waals surface area contributed by atoms with E-state index >= 15 is 0 Å². The number of rotatable bonds is 4. The van der Waals surface area contributed by atoms with Gasteiger partial charge in [-0.05, 0) is 24.6 Å². The summed E-state index contributed by atoms with van der Waals surface area (Å²) in [4.78, 5) is 11.6. The lowest BCUT2D eigenvalue weighted by Gasteiger charge is -2.11. The maximum atomic E-state index is 11.6. The van der Waals surface area contributed by atoms with E-state index in [0.29, 0.717) is 0 Å². The van der Waals surface area contributed by atoms with Gasteiger partial charge in [-0.2, -0.15) is 0 Å². The molecule has 0 spiro atoms. The molecule has 0 saturated heterocycles. The number of amides is 1. The van der Waals surface area contributed by atoms with E-state index < -0.39 is 6.10 Å². The molecule has 0 aliphatic rings. The van der Waals surface area contributed by atoms with Crippen LogP contribution in [-0.4, -0.2) is 17.6 Å². The van der Waals surface area contributed by atoms with E-state index in [0.717, 1.165) is 11.1 Å². The average molecular weight is 245 g/mol. The normalized spacial score (nSPS) is 12.1. The molecule has 0 bridgehead atoms. The molecule has 4 heteroatoms. The maximum Gasteiger partial charge on any atom is 0.287 e. The number of aliphatic hydroxyl groups is 1. The van der Waals surface area contributed by atoms with Gasteiger partial charge in [0, 0.05) is 6.54 Å². The van der Waals surface area contributed by atoms with Crippen molar-refractivity contribution in [3.05, 3.63) is 59.5 Å². The Bertz CT molecular complexity index is 502. The van der Waals surface area contributed by atoms with Gasteiger partial charge < -0.3 is 14.8 Å². The van der Waals surface area contributed by atoms with Crippen LogP contribution < -0.4 is 5.32 Å². The van der Waals surface area contributed by atoms with Gasteiger partial charge in [0.15, 0.2) is 5.76 Å². The number of nitrogens with one attached hydrogen (secondary N) is 1. The van der Waals surface area contributed by atoms with Gasteiger partial charge >= 0.3 is 0 Å². The molecule has 1 aromatic heterocycles. The lowest BCUT2D eigenvalue weighted by Crippen LogP contribution is -2.28. The van der Waals surface area contributed by atoms with Crippen molar-refractivity contribution in [3.8, 4) is 0 Å². The lowest BCUT2D eigenvalue weighted by atomic mass is 10.1. The third kappa shape index (κ3) is 2.99. The molecule has 2 N–H and O–H groups in total. The summed E-state index contributed by atoms with van der Waals surface area (Å²) < 4.78 is 4.96. The Hall–Kier alpha value is -2.07. The Morgan fingerprint density at radius 3 is 2.67 bits per heavy atom. The topological polar surface area (TPSA) is 62.5 Å². The van der Waals surface area contributed by atoms with Crippen molar-refractivity contribution >= 4 is 5.91 Å². The van der Waals surface area contributed by atoms with Crippen molar-refractivity contribution in [1.82, 2.24) is 5.32 Å². The highest BCUT2D eigenvalue weighted by atomic mass is 16.3. The van der Waals surface area contributed by atoms with Crippen molar-refractivity contribution in [2.24, 2.45) is 0 Å². The number of furan rings is 1. The summed E-state index contributed by atoms with van der Waals surface area (Å²) in [5.74, 6) is -0.0859. The summed E-state index contributed by atoms with van der Waals surface area (Å²) >= 11 is 0. The summed E-state index contributed by atoms with van der Waals surface area (Å²) in [6.45, 7) is 2.14. The SMILES string of the molecule is Cc1ccc(C(O)CNC(=O)c2ccco2)cc1. The molecule has 2 aromatic rings. The van der Waals surface area contributed by atoms with Crippen LogP contribution in [0.2, 0.25) is 0 Å². The van der Waals surface area contributed by atoms with Crippen molar-refractivity contribution in [2.75, 3.05) is 6.54 Å². The summed E-state index contributed by atoms with van der Waals surface area (Å²) in [5, 5.41) is 12.5. The van der Waals surface area contributed by atoms with E-state index in [-0.39, 0.29) is 18.2 Å². The first-order chi connectivity index (χ1) is 8.66. The Morgan fingerprint density at radius 1 is 1.33 bits per heavy atom. The second-order valence-electron chi connectivity index (χ2n) is 4.11. The van der Waals surface area contributed by atoms with Gasteiger partial charge in [0.2, 0.25) is 0 Å². The molecule has 1 amide bonds. The van der Waals surface area contributed by atoms with Crippen LogP contribution in [0.15, 0.2) is 47.1 Å². The van der Waals surface area contributed by atoms with Gasteiger partial charge in [-0.3, -0.25) is 4.79 Å². The largest absolute Gasteiger partial charge is 0.459 e. The molecular weight excluding hydrogens is 230 g/mol. The molecule has 1 aromatic carbocycles. The lowest BCUT2D eigenvalue weighted by molar-refractivity contribution is 0.0889. The molecule has 94 valence electrons. The van der Waals surface area contributed by atoms with Gasteiger partial charge in [-0.25, -0.2) is 0 Å². The third-order valence-electron chi connectivity index (χ3n) is 2.66. The monoisotopic (exact) mass is 245 g/mol. The van der Waals surface area contributed by atoms with Gasteiger partial charge in [0.05, 0.1) is 12.4 Å². The summed E-state index contributed by atoms with van der Waals surface area (Å²) in [7, 11) is 0. The first-order valence-electron chi connectivity index (χ1n) is 5.73. The van der Waals surface area contributed by atoms with Crippen LogP contribution in [0.3, 0.4) is 0 Å². The highest BCUT2D eigenvalue weighted by Gasteiger charge is 2.12. The van der Waals surface area contributed by atoms with Gasteiger partial charge in [-0.15, -0.1) is 0 Å². The van der Waals surface area contributed by atoms with E-state index in [1.165, 1.54) is 6.26 Å². The highest BCUT2D eigenvalue weighted by molar-refractivity contribution is 5.91. The first kappa shape index (κ1) is 12.4. The van der Waals surface area contributed by atoms with Crippen LogP contribution in [0.25, 0.3) is 0 Å². The van der Waals surface area contributed by atoms with Crippen LogP contribution >= 0.6 is 0 Å². The number of aliphatic hydroxyl groups excluding tert-OH is 1. The minimum Gasteiger partial charge on any atom is -0.459 e. The number of carbonyl (C=O) groups is 1. The van der Waals surface area contributed by atoms with Gasteiger partial charge in [-0.1, -0.05) is 29.8 Å². The van der Waals surface area contributed by atoms with E-state index in [2.05, 4.69) is 5.32 Å². The molecule has 1 atom stereocenters. The predicted molar refractivity (Wildman–Crippen MR) is 67.2 cm³/mol. The number of hydrogen-bond acceptors (Lipinski definition) is 3. The molecular formula is C14H15NO3. The van der Waals surface area contributed by atoms with Crippen molar-refractivity contribution in [2.45, 2.75) is 13.0 Å². The smallest absolute Gasteiger partial charge is 0.287 e. The zero-order valence-electron chi connectivity index (χ0n) is 10.1. The summed E-state index contributed by atoms with van der Waals surface area (Å²) in [6.07, 6.45) is 0.718. The number of hydrogen-bond donors (Lipinski definition) is 2. The van der Waals surface area contributed by atoms with Crippen LogP contribution in [0.5, 0.6) is 0 Å². The Labute approximate surface area is 105 Å². The van der Waals surface area contributed by atoms with Crippen LogP contribution in [0, 0.1) is 6.92 Å². The molecule has 1 unspecified atom stereocenters. The molecule has 1 heterocycles. The van der Waals surface area contributed by atoms with E-state index in [1.807, 2.05) is 31.2 Å². The molecule has 0 aliphatic carbocycles. The Kier molecular flexibility index (Phi) is 3.79. The first-order valence-corrected chi connectivity index (χ1v) is 5.73. The Balaban J connectivity index is 1.90. The second-order valence-corrected chi connectivity index (χ2v) is 4.11. The van der Waals surface area contributed by atoms with E-state index in [9.17, 15) is 9.90 Å². The highest BCUT2D eigenvalue weighted by Crippen LogP contribution is 2.12. The molecule has 18 heavy (non-hydrogen) atoms. The zero-order valence-corrected chi connectivity index (χ0v) is 10.1. The summed E-state index contributed by atoms with van der Waals surface area (Å²) in [5.41, 5.74) is 1.91. The van der Waals surface area contributed by atoms with Gasteiger partial charge in [0.25, 0.3) is 5.91 Å². The Morgan fingerprint density at radius 2 is 2.06 bits per heavy atom. The van der Waals surface area contributed by atoms with Gasteiger partial charge in [0.1, 0.15) is 0 Å². The molecule has 2 rings (SSSR count). The maximum absolute atomic E-state index is 11.6. The third-order valence-corrected chi connectivity index (χ3v) is 2.66. The van der Waals surface area contributed by atoms with Crippen LogP contribution in [0.1, 0.15) is 27.8 Å². The van der Waals surface area contributed by atoms with Crippen molar-refractivity contribution in [3.63, 3.8) is 0 Å². The zero-order chi connectivity index (χ0) is 13.0. The molecule has 0 aliphatic heterocycles. The van der Waals surface area contributed by atoms with E-state index in [1.54, 1.807) is 12.1 Å². The average Bonchev–Trinajstić information content (AvgIpc) is 2.90. The molecule has 0 saturated carbocycles.